The normalized spacial score (nSPS) is 29.8. The molecule has 0 aromatic heterocycles. The molecule has 2 heteroatoms. The minimum Gasteiger partial charge on any atom is -0.318 e. The minimum atomic E-state index is -0.450. The maximum atomic E-state index is 12.5. The molecule has 1 fully saturated rings. The van der Waals surface area contributed by atoms with Crippen LogP contribution >= 0.6 is 0 Å². The largest absolute Gasteiger partial charge is 0.318 e. The molecule has 0 spiro atoms. The number of ketones is 1. The topological polar surface area (TPSA) is 43.1 Å². The maximum Gasteiger partial charge on any atom is 0.157 e. The first-order valence-electron chi connectivity index (χ1n) is 6.92. The molecule has 0 heterocycles. The van der Waals surface area contributed by atoms with Crippen LogP contribution in [0.4, 0.5) is 0 Å². The fourth-order valence-electron chi connectivity index (χ4n) is 3.26. The summed E-state index contributed by atoms with van der Waals surface area (Å²) in [7, 11) is 0. The van der Waals surface area contributed by atoms with Gasteiger partial charge in [-0.25, -0.2) is 0 Å². The van der Waals surface area contributed by atoms with Crippen LogP contribution < -0.4 is 5.73 Å². The fraction of sp³-hybridized carbons (Fsp3) is 0.562. The molecule has 1 aliphatic carbocycles. The molecule has 1 saturated carbocycles. The van der Waals surface area contributed by atoms with Gasteiger partial charge in [0.25, 0.3) is 0 Å². The van der Waals surface area contributed by atoms with Crippen molar-refractivity contribution in [3.63, 3.8) is 0 Å². The lowest BCUT2D eigenvalue weighted by atomic mass is 9.73. The summed E-state index contributed by atoms with van der Waals surface area (Å²) in [5, 5.41) is 0. The number of nitrogens with two attached hydrogens (primary N) is 1. The Morgan fingerprint density at radius 1 is 1.11 bits per heavy atom. The molecule has 2 nitrogen and oxygen atoms in total. The molecule has 98 valence electrons. The highest BCUT2D eigenvalue weighted by Gasteiger charge is 2.31. The Morgan fingerprint density at radius 2 is 1.67 bits per heavy atom. The second kappa shape index (κ2) is 5.66. The van der Waals surface area contributed by atoms with E-state index in [-0.39, 0.29) is 11.7 Å². The zero-order valence-corrected chi connectivity index (χ0v) is 11.3. The Morgan fingerprint density at radius 3 is 2.22 bits per heavy atom. The highest BCUT2D eigenvalue weighted by atomic mass is 16.1. The molecule has 1 aliphatic rings. The Kier molecular flexibility index (Phi) is 4.18. The fourth-order valence-corrected chi connectivity index (χ4v) is 3.26. The zero-order valence-electron chi connectivity index (χ0n) is 11.3. The van der Waals surface area contributed by atoms with Gasteiger partial charge >= 0.3 is 0 Å². The number of rotatable bonds is 3. The summed E-state index contributed by atoms with van der Waals surface area (Å²) < 4.78 is 0. The Bertz CT molecular complexity index is 391. The standard InChI is InChI=1S/C16H23NO/c1-11-8-12(2)10-14(9-11)16(18)15(17)13-6-4-3-5-7-13/h3-7,11-12,14-15H,8-10,17H2,1-2H3. The third-order valence-electron chi connectivity index (χ3n) is 4.05. The van der Waals surface area contributed by atoms with Crippen molar-refractivity contribution < 1.29 is 4.79 Å². The predicted octanol–water partition coefficient (Wildman–Crippen LogP) is 3.33. The monoisotopic (exact) mass is 245 g/mol. The lowest BCUT2D eigenvalue weighted by Crippen LogP contribution is -2.33. The SMILES string of the molecule is CC1CC(C)CC(C(=O)C(N)c2ccccc2)C1. The van der Waals surface area contributed by atoms with E-state index in [2.05, 4.69) is 13.8 Å². The van der Waals surface area contributed by atoms with Gasteiger partial charge in [-0.15, -0.1) is 0 Å². The number of carbonyl (C=O) groups is 1. The van der Waals surface area contributed by atoms with Crippen LogP contribution in [-0.2, 0) is 4.79 Å². The van der Waals surface area contributed by atoms with Gasteiger partial charge in [-0.1, -0.05) is 44.2 Å². The highest BCUT2D eigenvalue weighted by molar-refractivity contribution is 5.87. The first-order chi connectivity index (χ1) is 8.58. The molecule has 0 saturated heterocycles. The molecule has 1 aromatic carbocycles. The molecule has 3 atom stereocenters. The Labute approximate surface area is 110 Å². The summed E-state index contributed by atoms with van der Waals surface area (Å²) in [5.74, 6) is 1.66. The minimum absolute atomic E-state index is 0.152. The summed E-state index contributed by atoms with van der Waals surface area (Å²) in [6, 6.07) is 9.26. The number of hydrogen-bond acceptors (Lipinski definition) is 2. The lowest BCUT2D eigenvalue weighted by molar-refractivity contribution is -0.126. The highest BCUT2D eigenvalue weighted by Crippen LogP contribution is 2.35. The van der Waals surface area contributed by atoms with Crippen LogP contribution in [0.5, 0.6) is 0 Å². The number of benzene rings is 1. The van der Waals surface area contributed by atoms with Crippen molar-refractivity contribution in [2.45, 2.75) is 39.2 Å². The summed E-state index contributed by atoms with van der Waals surface area (Å²) in [6.07, 6.45) is 3.25. The summed E-state index contributed by atoms with van der Waals surface area (Å²) in [5.41, 5.74) is 7.05. The van der Waals surface area contributed by atoms with Gasteiger partial charge in [-0.05, 0) is 36.7 Å². The van der Waals surface area contributed by atoms with Crippen molar-refractivity contribution in [3.05, 3.63) is 35.9 Å². The molecule has 0 amide bonds. The molecule has 3 unspecified atom stereocenters. The van der Waals surface area contributed by atoms with Crippen LogP contribution in [0, 0.1) is 17.8 Å². The first kappa shape index (κ1) is 13.3. The van der Waals surface area contributed by atoms with Crippen LogP contribution in [0.2, 0.25) is 0 Å². The third-order valence-corrected chi connectivity index (χ3v) is 4.05. The van der Waals surface area contributed by atoms with Crippen LogP contribution in [0.3, 0.4) is 0 Å². The van der Waals surface area contributed by atoms with Gasteiger partial charge in [0.15, 0.2) is 5.78 Å². The van der Waals surface area contributed by atoms with E-state index in [1.807, 2.05) is 30.3 Å². The average Bonchev–Trinajstić information content (AvgIpc) is 2.37. The van der Waals surface area contributed by atoms with E-state index in [9.17, 15) is 4.79 Å². The molecular weight excluding hydrogens is 222 g/mol. The maximum absolute atomic E-state index is 12.5. The lowest BCUT2D eigenvalue weighted by Gasteiger charge is -2.31. The van der Waals surface area contributed by atoms with E-state index < -0.39 is 6.04 Å². The molecule has 0 radical (unpaired) electrons. The van der Waals surface area contributed by atoms with Crippen molar-refractivity contribution >= 4 is 5.78 Å². The van der Waals surface area contributed by atoms with Crippen LogP contribution in [0.15, 0.2) is 30.3 Å². The van der Waals surface area contributed by atoms with Gasteiger partial charge in [0.1, 0.15) is 0 Å². The smallest absolute Gasteiger partial charge is 0.157 e. The van der Waals surface area contributed by atoms with Gasteiger partial charge in [0.2, 0.25) is 0 Å². The Hall–Kier alpha value is -1.15. The van der Waals surface area contributed by atoms with Crippen molar-refractivity contribution in [2.75, 3.05) is 0 Å². The molecule has 0 bridgehead atoms. The van der Waals surface area contributed by atoms with Crippen molar-refractivity contribution in [1.82, 2.24) is 0 Å². The molecule has 2 rings (SSSR count). The third kappa shape index (κ3) is 2.99. The first-order valence-corrected chi connectivity index (χ1v) is 6.92. The van der Waals surface area contributed by atoms with E-state index in [0.717, 1.165) is 18.4 Å². The van der Waals surface area contributed by atoms with Crippen molar-refractivity contribution in [1.29, 1.82) is 0 Å². The van der Waals surface area contributed by atoms with Gasteiger partial charge < -0.3 is 5.73 Å². The van der Waals surface area contributed by atoms with Crippen LogP contribution in [-0.4, -0.2) is 5.78 Å². The summed E-state index contributed by atoms with van der Waals surface area (Å²) in [6.45, 7) is 4.48. The van der Waals surface area contributed by atoms with E-state index >= 15 is 0 Å². The van der Waals surface area contributed by atoms with Gasteiger partial charge in [0.05, 0.1) is 6.04 Å². The molecular formula is C16H23NO. The van der Waals surface area contributed by atoms with Crippen LogP contribution in [0.1, 0.15) is 44.7 Å². The average molecular weight is 245 g/mol. The van der Waals surface area contributed by atoms with Gasteiger partial charge in [0, 0.05) is 5.92 Å². The van der Waals surface area contributed by atoms with Crippen molar-refractivity contribution in [2.24, 2.45) is 23.5 Å². The van der Waals surface area contributed by atoms with Gasteiger partial charge in [-0.2, -0.15) is 0 Å². The summed E-state index contributed by atoms with van der Waals surface area (Å²) >= 11 is 0. The summed E-state index contributed by atoms with van der Waals surface area (Å²) in [4.78, 5) is 12.5. The van der Waals surface area contributed by atoms with E-state index in [1.165, 1.54) is 6.42 Å². The second-order valence-corrected chi connectivity index (χ2v) is 5.91. The van der Waals surface area contributed by atoms with E-state index in [1.54, 1.807) is 0 Å². The van der Waals surface area contributed by atoms with E-state index in [0.29, 0.717) is 11.8 Å². The van der Waals surface area contributed by atoms with Gasteiger partial charge in [-0.3, -0.25) is 4.79 Å². The molecule has 1 aromatic rings. The number of hydrogen-bond donors (Lipinski definition) is 1. The Balaban J connectivity index is 2.07. The predicted molar refractivity (Wildman–Crippen MR) is 74.0 cm³/mol. The zero-order chi connectivity index (χ0) is 13.1. The molecule has 2 N–H and O–H groups in total. The quantitative estimate of drug-likeness (QED) is 0.887. The van der Waals surface area contributed by atoms with E-state index in [4.69, 9.17) is 5.73 Å². The number of carbonyl (C=O) groups excluding carboxylic acids is 1. The molecule has 0 aliphatic heterocycles. The second-order valence-electron chi connectivity index (χ2n) is 5.91. The number of Topliss-reactive ketones (excluding diaryl/α,β-unsaturated/α-hetero) is 1. The van der Waals surface area contributed by atoms with Crippen molar-refractivity contribution in [3.8, 4) is 0 Å². The van der Waals surface area contributed by atoms with Crippen LogP contribution in [0.25, 0.3) is 0 Å². The molecule has 18 heavy (non-hydrogen) atoms.